The molecule has 0 aliphatic carbocycles. The van der Waals surface area contributed by atoms with E-state index in [1.807, 2.05) is 21.1 Å². The summed E-state index contributed by atoms with van der Waals surface area (Å²) in [5.74, 6) is -0.904. The van der Waals surface area contributed by atoms with Crippen LogP contribution >= 0.6 is 7.82 Å². The van der Waals surface area contributed by atoms with Crippen molar-refractivity contribution >= 4 is 19.8 Å². The maximum absolute atomic E-state index is 12.8. The minimum atomic E-state index is -4.67. The van der Waals surface area contributed by atoms with Crippen LogP contribution in [0.5, 0.6) is 0 Å². The summed E-state index contributed by atoms with van der Waals surface area (Å²) in [6.07, 6.45) is 89.8. The molecule has 80 heavy (non-hydrogen) atoms. The van der Waals surface area contributed by atoms with E-state index in [2.05, 4.69) is 184 Å². The average molecular weight is 1130 g/mol. The Bertz CT molecular complexity index is 1950. The largest absolute Gasteiger partial charge is 0.756 e. The first-order chi connectivity index (χ1) is 39.0. The summed E-state index contributed by atoms with van der Waals surface area (Å²) in [5, 5.41) is 0. The molecule has 2 atom stereocenters. The number of esters is 2. The topological polar surface area (TPSA) is 111 Å². The molecule has 0 N–H and O–H groups in total. The molecule has 0 aromatic carbocycles. The number of carbonyl (C=O) groups excluding carboxylic acids is 2. The molecular formula is C70H112NO8P. The number of carbonyl (C=O) groups is 2. The van der Waals surface area contributed by atoms with E-state index in [0.29, 0.717) is 23.9 Å². The highest BCUT2D eigenvalue weighted by Gasteiger charge is 2.21. The van der Waals surface area contributed by atoms with Crippen LogP contribution in [-0.2, 0) is 32.7 Å². The van der Waals surface area contributed by atoms with Crippen molar-refractivity contribution in [3.63, 3.8) is 0 Å². The summed E-state index contributed by atoms with van der Waals surface area (Å²) >= 11 is 0. The van der Waals surface area contributed by atoms with Crippen LogP contribution < -0.4 is 4.89 Å². The van der Waals surface area contributed by atoms with Crippen LogP contribution in [0.15, 0.2) is 170 Å². The maximum Gasteiger partial charge on any atom is 0.306 e. The van der Waals surface area contributed by atoms with E-state index in [4.69, 9.17) is 18.5 Å². The second-order valence-corrected chi connectivity index (χ2v) is 22.4. The van der Waals surface area contributed by atoms with Crippen molar-refractivity contribution in [2.24, 2.45) is 0 Å². The molecule has 0 aliphatic heterocycles. The van der Waals surface area contributed by atoms with E-state index in [9.17, 15) is 19.0 Å². The lowest BCUT2D eigenvalue weighted by Gasteiger charge is -2.28. The predicted molar refractivity (Wildman–Crippen MR) is 341 cm³/mol. The van der Waals surface area contributed by atoms with Crippen molar-refractivity contribution in [2.75, 3.05) is 47.5 Å². The molecule has 10 heteroatoms. The summed E-state index contributed by atoms with van der Waals surface area (Å²) < 4.78 is 34.1. The first-order valence-corrected chi connectivity index (χ1v) is 32.3. The van der Waals surface area contributed by atoms with Crippen molar-refractivity contribution in [3.05, 3.63) is 170 Å². The standard InChI is InChI=1S/C70H112NO8P/c1-6-8-10-12-14-16-18-20-22-24-26-28-30-31-32-33-34-35-36-37-38-39-41-43-45-47-49-51-53-55-57-59-61-63-70(73)79-68(67-78-80(74,75)77-65-64-71(3,4)5)66-76-69(72)62-60-58-56-54-52-50-48-46-44-42-40-29-27-25-23-21-19-17-15-13-11-9-7-2/h8-11,14-17,20-23,26-29,31-32,34-35,37-38,41,43,47,49,53,55,68H,6-7,12-13,18-19,24-25,30,33,36,39-40,42,44-46,48,50-52,54,56-67H2,1-5H3/b10-8-,11-9-,16-14-,17-15-,22-20-,23-21-,28-26-,29-27-,32-31-,35-34-,38-37-,43-41-,49-47-,55-53-. The number of likely N-dealkylation sites (N-methyl/N-ethyl adjacent to an activating group) is 1. The van der Waals surface area contributed by atoms with Gasteiger partial charge in [-0.2, -0.15) is 0 Å². The lowest BCUT2D eigenvalue weighted by Crippen LogP contribution is -2.37. The Morgan fingerprint density at radius 2 is 0.675 bits per heavy atom. The van der Waals surface area contributed by atoms with Crippen LogP contribution in [0.3, 0.4) is 0 Å². The number of quaternary nitrogens is 1. The third-order valence-electron chi connectivity index (χ3n) is 12.2. The second kappa shape index (κ2) is 59.0. The first-order valence-electron chi connectivity index (χ1n) is 30.8. The molecule has 0 heterocycles. The molecule has 9 nitrogen and oxygen atoms in total. The van der Waals surface area contributed by atoms with Crippen LogP contribution in [0, 0.1) is 0 Å². The predicted octanol–water partition coefficient (Wildman–Crippen LogP) is 19.2. The summed E-state index contributed by atoms with van der Waals surface area (Å²) in [6.45, 7) is 3.93. The molecule has 0 saturated carbocycles. The van der Waals surface area contributed by atoms with E-state index < -0.39 is 32.5 Å². The number of phosphoric acid groups is 1. The van der Waals surface area contributed by atoms with Crippen LogP contribution in [0.4, 0.5) is 0 Å². The zero-order valence-electron chi connectivity index (χ0n) is 50.9. The molecule has 0 spiro atoms. The zero-order chi connectivity index (χ0) is 58.4. The quantitative estimate of drug-likeness (QED) is 0.0195. The van der Waals surface area contributed by atoms with Gasteiger partial charge in [0.15, 0.2) is 6.10 Å². The van der Waals surface area contributed by atoms with E-state index in [1.165, 1.54) is 38.5 Å². The Morgan fingerprint density at radius 1 is 0.388 bits per heavy atom. The summed E-state index contributed by atoms with van der Waals surface area (Å²) in [7, 11) is 1.11. The molecule has 450 valence electrons. The number of phosphoric ester groups is 1. The highest BCUT2D eigenvalue weighted by Crippen LogP contribution is 2.38. The Hall–Kier alpha value is -4.63. The van der Waals surface area contributed by atoms with Gasteiger partial charge in [-0.3, -0.25) is 14.2 Å². The van der Waals surface area contributed by atoms with Gasteiger partial charge < -0.3 is 27.9 Å². The molecule has 2 unspecified atom stereocenters. The van der Waals surface area contributed by atoms with Gasteiger partial charge in [0, 0.05) is 12.8 Å². The second-order valence-electron chi connectivity index (χ2n) is 20.9. The molecule has 0 bridgehead atoms. The molecule has 0 radical (unpaired) electrons. The highest BCUT2D eigenvalue weighted by molar-refractivity contribution is 7.45. The Balaban J connectivity index is 4.30. The minimum Gasteiger partial charge on any atom is -0.756 e. The van der Waals surface area contributed by atoms with Gasteiger partial charge in [0.1, 0.15) is 19.8 Å². The lowest BCUT2D eigenvalue weighted by molar-refractivity contribution is -0.870. The fourth-order valence-corrected chi connectivity index (χ4v) is 8.28. The maximum atomic E-state index is 12.8. The van der Waals surface area contributed by atoms with Crippen LogP contribution in [-0.4, -0.2) is 70.0 Å². The summed E-state index contributed by atoms with van der Waals surface area (Å²) in [5.41, 5.74) is 0. The number of allylic oxidation sites excluding steroid dienone is 28. The van der Waals surface area contributed by atoms with Crippen LogP contribution in [0.2, 0.25) is 0 Å². The molecule has 0 aromatic rings. The molecule has 0 fully saturated rings. The van der Waals surface area contributed by atoms with Gasteiger partial charge in [-0.1, -0.05) is 235 Å². The average Bonchev–Trinajstić information content (AvgIpc) is 3.42. The molecule has 0 aromatic heterocycles. The third kappa shape index (κ3) is 62.6. The molecule has 0 rings (SSSR count). The smallest absolute Gasteiger partial charge is 0.306 e. The summed E-state index contributed by atoms with van der Waals surface area (Å²) in [6, 6.07) is 0. The number of hydrogen-bond acceptors (Lipinski definition) is 8. The number of nitrogens with zero attached hydrogens (tertiary/aromatic N) is 1. The fraction of sp³-hybridized carbons (Fsp3) is 0.571. The SMILES string of the molecule is CC/C=C\C/C=C\C/C=C\C/C=C\C/C=C\C/C=C\C/C=C\C/C=C\C/C=C\C/C=C\CCCCC(=O)OC(COC(=O)CCCCCCCCCCCC/C=C\C/C=C\C/C=C\C/C=C\CC)COP(=O)([O-])OCC[N+](C)(C)C. The van der Waals surface area contributed by atoms with Crippen LogP contribution in [0.25, 0.3) is 0 Å². The van der Waals surface area contributed by atoms with Gasteiger partial charge in [-0.15, -0.1) is 0 Å². The molecular weight excluding hydrogens is 1010 g/mol. The van der Waals surface area contributed by atoms with Gasteiger partial charge in [0.05, 0.1) is 27.7 Å². The van der Waals surface area contributed by atoms with Crippen molar-refractivity contribution < 1.29 is 42.1 Å². The van der Waals surface area contributed by atoms with E-state index in [0.717, 1.165) is 128 Å². The Labute approximate surface area is 489 Å². The molecule has 0 saturated heterocycles. The highest BCUT2D eigenvalue weighted by atomic mass is 31.2. The van der Waals surface area contributed by atoms with E-state index in [1.54, 1.807) is 0 Å². The van der Waals surface area contributed by atoms with Crippen molar-refractivity contribution in [1.29, 1.82) is 0 Å². The Kier molecular flexibility index (Phi) is 55.6. The van der Waals surface area contributed by atoms with Gasteiger partial charge in [0.25, 0.3) is 7.82 Å². The number of ether oxygens (including phenoxy) is 2. The van der Waals surface area contributed by atoms with Crippen molar-refractivity contribution in [3.8, 4) is 0 Å². The van der Waals surface area contributed by atoms with Gasteiger partial charge in [0.2, 0.25) is 0 Å². The molecule has 0 amide bonds. The third-order valence-corrected chi connectivity index (χ3v) is 13.2. The van der Waals surface area contributed by atoms with Gasteiger partial charge >= 0.3 is 11.9 Å². The van der Waals surface area contributed by atoms with E-state index >= 15 is 0 Å². The van der Waals surface area contributed by atoms with E-state index in [-0.39, 0.29) is 26.1 Å². The lowest BCUT2D eigenvalue weighted by atomic mass is 10.1. The van der Waals surface area contributed by atoms with Gasteiger partial charge in [-0.05, 0) is 128 Å². The Morgan fingerprint density at radius 3 is 1.02 bits per heavy atom. The fourth-order valence-electron chi connectivity index (χ4n) is 7.56. The first kappa shape index (κ1) is 75.4. The van der Waals surface area contributed by atoms with Crippen molar-refractivity contribution in [1.82, 2.24) is 0 Å². The van der Waals surface area contributed by atoms with Crippen molar-refractivity contribution in [2.45, 2.75) is 213 Å². The summed E-state index contributed by atoms with van der Waals surface area (Å²) in [4.78, 5) is 37.9. The van der Waals surface area contributed by atoms with Crippen LogP contribution in [0.1, 0.15) is 206 Å². The zero-order valence-corrected chi connectivity index (χ0v) is 51.8. The number of rotatable bonds is 54. The van der Waals surface area contributed by atoms with Gasteiger partial charge in [-0.25, -0.2) is 0 Å². The minimum absolute atomic E-state index is 0.0503. The normalized spacial score (nSPS) is 14.4. The number of unbranched alkanes of at least 4 members (excludes halogenated alkanes) is 12. The molecule has 0 aliphatic rings. The number of hydrogen-bond donors (Lipinski definition) is 0. The monoisotopic (exact) mass is 1130 g/mol.